The average Bonchev–Trinajstić information content (AvgIpc) is 3.05. The number of benzene rings is 2. The van der Waals surface area contributed by atoms with Gasteiger partial charge in [-0.05, 0) is 19.1 Å². The van der Waals surface area contributed by atoms with E-state index in [1.165, 1.54) is 17.3 Å². The molecule has 0 radical (unpaired) electrons. The van der Waals surface area contributed by atoms with Crippen LogP contribution in [-0.4, -0.2) is 26.4 Å². The number of hydrogen-bond acceptors (Lipinski definition) is 5. The van der Waals surface area contributed by atoms with Crippen LogP contribution in [0.1, 0.15) is 5.56 Å². The van der Waals surface area contributed by atoms with E-state index in [1.54, 1.807) is 0 Å². The second-order valence-corrected chi connectivity index (χ2v) is 6.14. The minimum Gasteiger partial charge on any atom is -0.294 e. The molecule has 122 valence electrons. The van der Waals surface area contributed by atoms with Crippen LogP contribution in [0, 0.1) is 6.92 Å². The Morgan fingerprint density at radius 1 is 1.12 bits per heavy atom. The first-order valence-electron chi connectivity index (χ1n) is 7.39. The molecule has 3 rings (SSSR count). The maximum absolute atomic E-state index is 11.4. The molecule has 1 heterocycles. The molecular formula is C17H17N5OS. The SMILES string of the molecule is Cc1ccc(-c2nnc(SCC(=O)NN)n2-c2ccccc2)cc1. The minimum absolute atomic E-state index is 0.176. The van der Waals surface area contributed by atoms with E-state index in [2.05, 4.69) is 15.6 Å². The van der Waals surface area contributed by atoms with Gasteiger partial charge in [0.1, 0.15) is 0 Å². The van der Waals surface area contributed by atoms with Gasteiger partial charge in [0.15, 0.2) is 11.0 Å². The zero-order valence-electron chi connectivity index (χ0n) is 13.1. The van der Waals surface area contributed by atoms with E-state index in [-0.39, 0.29) is 11.7 Å². The summed E-state index contributed by atoms with van der Waals surface area (Å²) >= 11 is 1.29. The lowest BCUT2D eigenvalue weighted by atomic mass is 10.1. The summed E-state index contributed by atoms with van der Waals surface area (Å²) in [6, 6.07) is 17.9. The van der Waals surface area contributed by atoms with Crippen LogP contribution in [0.15, 0.2) is 59.8 Å². The van der Waals surface area contributed by atoms with Gasteiger partial charge in [-0.3, -0.25) is 14.8 Å². The molecule has 0 aliphatic heterocycles. The maximum Gasteiger partial charge on any atom is 0.244 e. The van der Waals surface area contributed by atoms with Gasteiger partial charge in [-0.25, -0.2) is 5.84 Å². The highest BCUT2D eigenvalue weighted by Gasteiger charge is 2.16. The van der Waals surface area contributed by atoms with Crippen molar-refractivity contribution < 1.29 is 4.79 Å². The highest BCUT2D eigenvalue weighted by molar-refractivity contribution is 7.99. The number of rotatable bonds is 5. The highest BCUT2D eigenvalue weighted by Crippen LogP contribution is 2.27. The van der Waals surface area contributed by atoms with Crippen LogP contribution in [0.4, 0.5) is 0 Å². The molecule has 1 amide bonds. The molecule has 0 spiro atoms. The summed E-state index contributed by atoms with van der Waals surface area (Å²) in [7, 11) is 0. The van der Waals surface area contributed by atoms with Gasteiger partial charge in [-0.15, -0.1) is 10.2 Å². The van der Waals surface area contributed by atoms with E-state index in [0.717, 1.165) is 17.1 Å². The largest absolute Gasteiger partial charge is 0.294 e. The quantitative estimate of drug-likeness (QED) is 0.322. The van der Waals surface area contributed by atoms with Crippen molar-refractivity contribution in [3.05, 3.63) is 60.2 Å². The Bertz CT molecular complexity index is 830. The number of aromatic nitrogens is 3. The number of carbonyl (C=O) groups is 1. The van der Waals surface area contributed by atoms with Crippen LogP contribution in [0.2, 0.25) is 0 Å². The van der Waals surface area contributed by atoms with Gasteiger partial charge in [0, 0.05) is 11.3 Å². The molecule has 0 bridgehead atoms. The van der Waals surface area contributed by atoms with Crippen molar-refractivity contribution in [1.29, 1.82) is 0 Å². The third kappa shape index (κ3) is 3.47. The van der Waals surface area contributed by atoms with Crippen molar-refractivity contribution in [2.24, 2.45) is 5.84 Å². The summed E-state index contributed by atoms with van der Waals surface area (Å²) in [6.45, 7) is 2.04. The lowest BCUT2D eigenvalue weighted by Crippen LogP contribution is -2.31. The average molecular weight is 339 g/mol. The molecule has 3 N–H and O–H groups in total. The molecule has 0 aliphatic carbocycles. The molecule has 0 aliphatic rings. The second kappa shape index (κ2) is 7.29. The first-order chi connectivity index (χ1) is 11.7. The smallest absolute Gasteiger partial charge is 0.244 e. The number of amides is 1. The Morgan fingerprint density at radius 2 is 1.83 bits per heavy atom. The zero-order chi connectivity index (χ0) is 16.9. The molecule has 0 atom stereocenters. The fourth-order valence-electron chi connectivity index (χ4n) is 2.23. The molecule has 7 heteroatoms. The van der Waals surface area contributed by atoms with E-state index in [9.17, 15) is 4.79 Å². The molecular weight excluding hydrogens is 322 g/mol. The summed E-state index contributed by atoms with van der Waals surface area (Å²) in [5.74, 6) is 5.78. The Morgan fingerprint density at radius 3 is 2.50 bits per heavy atom. The molecule has 0 fully saturated rings. The number of thioether (sulfide) groups is 1. The van der Waals surface area contributed by atoms with Crippen LogP contribution < -0.4 is 11.3 Å². The Hall–Kier alpha value is -2.64. The van der Waals surface area contributed by atoms with Crippen LogP contribution in [0.3, 0.4) is 0 Å². The summed E-state index contributed by atoms with van der Waals surface area (Å²) < 4.78 is 1.94. The lowest BCUT2D eigenvalue weighted by molar-refractivity contribution is -0.118. The summed E-state index contributed by atoms with van der Waals surface area (Å²) in [4.78, 5) is 11.4. The summed E-state index contributed by atoms with van der Waals surface area (Å²) in [6.07, 6.45) is 0. The standard InChI is InChI=1S/C17H17N5OS/c1-12-7-9-13(10-8-12)16-20-21-17(24-11-15(23)19-18)22(16)14-5-3-2-4-6-14/h2-10H,11,18H2,1H3,(H,19,23). The van der Waals surface area contributed by atoms with Gasteiger partial charge in [-0.1, -0.05) is 59.8 Å². The molecule has 24 heavy (non-hydrogen) atoms. The van der Waals surface area contributed by atoms with Gasteiger partial charge in [0.05, 0.1) is 5.75 Å². The normalized spacial score (nSPS) is 10.6. The lowest BCUT2D eigenvalue weighted by Gasteiger charge is -2.10. The topological polar surface area (TPSA) is 85.8 Å². The number of nitrogens with one attached hydrogen (secondary N) is 1. The predicted molar refractivity (Wildman–Crippen MR) is 94.6 cm³/mol. The summed E-state index contributed by atoms with van der Waals surface area (Å²) in [5, 5.41) is 9.22. The van der Waals surface area contributed by atoms with Crippen molar-refractivity contribution in [1.82, 2.24) is 20.2 Å². The Balaban J connectivity index is 2.04. The van der Waals surface area contributed by atoms with Crippen molar-refractivity contribution in [2.45, 2.75) is 12.1 Å². The van der Waals surface area contributed by atoms with E-state index < -0.39 is 0 Å². The van der Waals surface area contributed by atoms with Gasteiger partial charge in [0.25, 0.3) is 0 Å². The highest BCUT2D eigenvalue weighted by atomic mass is 32.2. The van der Waals surface area contributed by atoms with Crippen LogP contribution in [0.25, 0.3) is 17.1 Å². The maximum atomic E-state index is 11.4. The van der Waals surface area contributed by atoms with Crippen molar-refractivity contribution in [2.75, 3.05) is 5.75 Å². The third-order valence-electron chi connectivity index (χ3n) is 3.45. The Kier molecular flexibility index (Phi) is 4.93. The number of nitrogens with two attached hydrogens (primary N) is 1. The van der Waals surface area contributed by atoms with Crippen molar-refractivity contribution >= 4 is 17.7 Å². The van der Waals surface area contributed by atoms with E-state index in [4.69, 9.17) is 5.84 Å². The van der Waals surface area contributed by atoms with Gasteiger partial charge in [0.2, 0.25) is 5.91 Å². The number of carbonyl (C=O) groups excluding carboxylic acids is 1. The minimum atomic E-state index is -0.264. The van der Waals surface area contributed by atoms with Crippen molar-refractivity contribution in [3.63, 3.8) is 0 Å². The number of aryl methyl sites for hydroxylation is 1. The number of para-hydroxylation sites is 1. The first-order valence-corrected chi connectivity index (χ1v) is 8.37. The zero-order valence-corrected chi connectivity index (χ0v) is 14.0. The van der Waals surface area contributed by atoms with Gasteiger partial charge >= 0.3 is 0 Å². The molecule has 3 aromatic rings. The number of hydrazine groups is 1. The molecule has 6 nitrogen and oxygen atoms in total. The van der Waals surface area contributed by atoms with Crippen LogP contribution >= 0.6 is 11.8 Å². The first kappa shape index (κ1) is 16.2. The number of nitrogens with zero attached hydrogens (tertiary/aromatic N) is 3. The Labute approximate surface area is 144 Å². The summed E-state index contributed by atoms with van der Waals surface area (Å²) in [5.41, 5.74) is 5.20. The number of hydrogen-bond donors (Lipinski definition) is 2. The predicted octanol–water partition coefficient (Wildman–Crippen LogP) is 2.32. The van der Waals surface area contributed by atoms with E-state index in [1.807, 2.05) is 66.1 Å². The molecule has 0 unspecified atom stereocenters. The monoisotopic (exact) mass is 339 g/mol. The van der Waals surface area contributed by atoms with Crippen LogP contribution in [-0.2, 0) is 4.79 Å². The van der Waals surface area contributed by atoms with Gasteiger partial charge in [-0.2, -0.15) is 0 Å². The molecule has 0 saturated carbocycles. The molecule has 2 aromatic carbocycles. The van der Waals surface area contributed by atoms with Gasteiger partial charge < -0.3 is 0 Å². The molecule has 0 saturated heterocycles. The van der Waals surface area contributed by atoms with E-state index in [0.29, 0.717) is 5.16 Å². The van der Waals surface area contributed by atoms with Crippen molar-refractivity contribution in [3.8, 4) is 17.1 Å². The second-order valence-electron chi connectivity index (χ2n) is 5.20. The van der Waals surface area contributed by atoms with E-state index >= 15 is 0 Å². The fourth-order valence-corrected chi connectivity index (χ4v) is 3.00. The fraction of sp³-hybridized carbons (Fsp3) is 0.118. The van der Waals surface area contributed by atoms with Crippen LogP contribution in [0.5, 0.6) is 0 Å². The third-order valence-corrected chi connectivity index (χ3v) is 4.38. The molecule has 1 aromatic heterocycles.